The van der Waals surface area contributed by atoms with Crippen molar-refractivity contribution in [3.63, 3.8) is 0 Å². The molecule has 3 heteroatoms. The van der Waals surface area contributed by atoms with E-state index in [1.165, 1.54) is 12.8 Å². The van der Waals surface area contributed by atoms with Crippen LogP contribution in [0.1, 0.15) is 60.3 Å². The molecule has 0 aliphatic heterocycles. The summed E-state index contributed by atoms with van der Waals surface area (Å²) in [6, 6.07) is 0. The van der Waals surface area contributed by atoms with E-state index < -0.39 is 13.9 Å². The summed E-state index contributed by atoms with van der Waals surface area (Å²) in [4.78, 5) is 0. The molecule has 1 saturated carbocycles. The molecule has 0 spiro atoms. The van der Waals surface area contributed by atoms with Gasteiger partial charge >= 0.3 is 0 Å². The highest BCUT2D eigenvalue weighted by atomic mass is 28.4. The summed E-state index contributed by atoms with van der Waals surface area (Å²) in [5, 5.41) is 10.4. The molecule has 1 fully saturated rings. The number of hydrogen-bond acceptors (Lipinski definition) is 2. The van der Waals surface area contributed by atoms with Crippen LogP contribution < -0.4 is 0 Å². The smallest absolute Gasteiger partial charge is 0.191 e. The highest BCUT2D eigenvalue weighted by molar-refractivity contribution is 6.74. The molecule has 0 unspecified atom stereocenters. The summed E-state index contributed by atoms with van der Waals surface area (Å²) >= 11 is 0. The van der Waals surface area contributed by atoms with Gasteiger partial charge in [-0.05, 0) is 69.5 Å². The van der Waals surface area contributed by atoms with Gasteiger partial charge in [0.05, 0.1) is 5.60 Å². The van der Waals surface area contributed by atoms with Crippen molar-refractivity contribution >= 4 is 8.32 Å². The minimum absolute atomic E-state index is 0.303. The van der Waals surface area contributed by atoms with E-state index in [0.717, 1.165) is 19.4 Å². The van der Waals surface area contributed by atoms with Crippen molar-refractivity contribution < 1.29 is 9.53 Å². The van der Waals surface area contributed by atoms with Gasteiger partial charge in [-0.2, -0.15) is 0 Å². The fourth-order valence-electron chi connectivity index (χ4n) is 2.58. The van der Waals surface area contributed by atoms with Crippen LogP contribution in [-0.2, 0) is 4.43 Å². The molecule has 0 saturated heterocycles. The van der Waals surface area contributed by atoms with E-state index >= 15 is 0 Å². The van der Waals surface area contributed by atoms with Gasteiger partial charge in [-0.3, -0.25) is 0 Å². The average molecular weight is 287 g/mol. The molecule has 0 radical (unpaired) electrons. The summed E-state index contributed by atoms with van der Waals surface area (Å²) < 4.78 is 6.33. The highest BCUT2D eigenvalue weighted by Crippen LogP contribution is 2.39. The van der Waals surface area contributed by atoms with Crippen LogP contribution in [0.4, 0.5) is 0 Å². The van der Waals surface area contributed by atoms with Gasteiger partial charge in [-0.15, -0.1) is 0 Å². The van der Waals surface area contributed by atoms with E-state index in [1.807, 2.05) is 13.8 Å². The Bertz CT molecular complexity index is 278. The fourth-order valence-corrected chi connectivity index (χ4v) is 3.66. The molecule has 2 nitrogen and oxygen atoms in total. The van der Waals surface area contributed by atoms with Crippen LogP contribution in [0.3, 0.4) is 0 Å². The van der Waals surface area contributed by atoms with Crippen LogP contribution in [0.5, 0.6) is 0 Å². The quantitative estimate of drug-likeness (QED) is 0.766. The highest BCUT2D eigenvalue weighted by Gasteiger charge is 2.38. The lowest BCUT2D eigenvalue weighted by Gasteiger charge is -2.39. The first-order valence-corrected chi connectivity index (χ1v) is 10.7. The average Bonchev–Trinajstić information content (AvgIpc) is 2.24. The van der Waals surface area contributed by atoms with E-state index in [9.17, 15) is 5.11 Å². The first kappa shape index (κ1) is 17.2. The van der Waals surface area contributed by atoms with Gasteiger partial charge in [0.2, 0.25) is 0 Å². The summed E-state index contributed by atoms with van der Waals surface area (Å²) in [5.74, 6) is 1.17. The van der Waals surface area contributed by atoms with Crippen molar-refractivity contribution in [3.05, 3.63) is 0 Å². The lowest BCUT2D eigenvalue weighted by molar-refractivity contribution is -0.00943. The zero-order valence-electron chi connectivity index (χ0n) is 14.0. The molecule has 19 heavy (non-hydrogen) atoms. The number of hydrogen-bond donors (Lipinski definition) is 1. The zero-order valence-corrected chi connectivity index (χ0v) is 15.0. The second kappa shape index (κ2) is 5.86. The molecule has 0 atom stereocenters. The summed E-state index contributed by atoms with van der Waals surface area (Å²) in [6.07, 6.45) is 4.72. The Morgan fingerprint density at radius 1 is 1.00 bits per heavy atom. The van der Waals surface area contributed by atoms with E-state index in [-0.39, 0.29) is 0 Å². The Morgan fingerprint density at radius 2 is 1.47 bits per heavy atom. The Balaban J connectivity index is 2.39. The van der Waals surface area contributed by atoms with E-state index in [4.69, 9.17) is 4.43 Å². The van der Waals surface area contributed by atoms with Gasteiger partial charge in [0.15, 0.2) is 8.32 Å². The molecule has 0 aromatic heterocycles. The molecule has 1 aliphatic rings. The maximum Gasteiger partial charge on any atom is 0.191 e. The third-order valence-electron chi connectivity index (χ3n) is 5.33. The maximum atomic E-state index is 10.1. The Labute approximate surface area is 121 Å². The summed E-state index contributed by atoms with van der Waals surface area (Å²) in [6.45, 7) is 16.4. The van der Waals surface area contributed by atoms with Gasteiger partial charge in [0, 0.05) is 6.61 Å². The molecule has 1 rings (SSSR count). The van der Waals surface area contributed by atoms with Crippen molar-refractivity contribution in [2.45, 2.75) is 84.0 Å². The van der Waals surface area contributed by atoms with Crippen molar-refractivity contribution in [2.75, 3.05) is 6.61 Å². The molecule has 0 amide bonds. The third kappa shape index (κ3) is 4.87. The lowest BCUT2D eigenvalue weighted by atomic mass is 9.75. The molecule has 0 aromatic rings. The topological polar surface area (TPSA) is 29.5 Å². The molecular formula is C16H34O2Si. The fraction of sp³-hybridized carbons (Fsp3) is 1.00. The predicted octanol–water partition coefficient (Wildman–Crippen LogP) is 4.59. The van der Waals surface area contributed by atoms with Crippen LogP contribution in [0.15, 0.2) is 0 Å². The van der Waals surface area contributed by atoms with Gasteiger partial charge in [-0.1, -0.05) is 20.8 Å². The van der Waals surface area contributed by atoms with E-state index in [0.29, 0.717) is 16.9 Å². The first-order valence-electron chi connectivity index (χ1n) is 7.80. The van der Waals surface area contributed by atoms with Crippen LogP contribution in [-0.4, -0.2) is 25.6 Å². The maximum absolute atomic E-state index is 10.1. The second-order valence-electron chi connectivity index (χ2n) is 8.44. The van der Waals surface area contributed by atoms with Crippen molar-refractivity contribution in [3.8, 4) is 0 Å². The number of rotatable bonds is 4. The standard InChI is InChI=1S/C16H34O2Si/c1-15(2,3)19(6,7)18-12-13-8-10-14(11-9-13)16(4,5)17/h13-14,17H,8-12H2,1-7H3. The summed E-state index contributed by atoms with van der Waals surface area (Å²) in [7, 11) is -1.59. The van der Waals surface area contributed by atoms with E-state index in [2.05, 4.69) is 33.9 Å². The van der Waals surface area contributed by atoms with Crippen LogP contribution in [0.25, 0.3) is 0 Å². The van der Waals surface area contributed by atoms with E-state index in [1.54, 1.807) is 0 Å². The van der Waals surface area contributed by atoms with Gasteiger partial charge in [-0.25, -0.2) is 0 Å². The van der Waals surface area contributed by atoms with Gasteiger partial charge < -0.3 is 9.53 Å². The third-order valence-corrected chi connectivity index (χ3v) is 9.83. The monoisotopic (exact) mass is 286 g/mol. The van der Waals surface area contributed by atoms with Crippen molar-refractivity contribution in [1.82, 2.24) is 0 Å². The van der Waals surface area contributed by atoms with Gasteiger partial charge in [0.25, 0.3) is 0 Å². The Kier molecular flexibility index (Phi) is 5.31. The molecule has 114 valence electrons. The Hall–Kier alpha value is 0.137. The first-order chi connectivity index (χ1) is 8.43. The molecule has 0 heterocycles. The SMILES string of the molecule is CC(C)(O)C1CCC(CO[Si](C)(C)C(C)(C)C)CC1. The van der Waals surface area contributed by atoms with Crippen molar-refractivity contribution in [2.24, 2.45) is 11.8 Å². The molecule has 0 aromatic carbocycles. The normalized spacial score (nSPS) is 26.5. The second-order valence-corrected chi connectivity index (χ2v) is 13.3. The lowest BCUT2D eigenvalue weighted by Crippen LogP contribution is -2.42. The summed E-state index contributed by atoms with van der Waals surface area (Å²) in [5.41, 5.74) is -0.509. The minimum atomic E-state index is -1.59. The largest absolute Gasteiger partial charge is 0.417 e. The molecule has 0 bridgehead atoms. The zero-order chi connectivity index (χ0) is 14.9. The minimum Gasteiger partial charge on any atom is -0.417 e. The van der Waals surface area contributed by atoms with Crippen LogP contribution >= 0.6 is 0 Å². The molecule has 1 aliphatic carbocycles. The molecule has 1 N–H and O–H groups in total. The number of aliphatic hydroxyl groups is 1. The van der Waals surface area contributed by atoms with Crippen molar-refractivity contribution in [1.29, 1.82) is 0 Å². The Morgan fingerprint density at radius 3 is 1.84 bits per heavy atom. The van der Waals surface area contributed by atoms with Crippen LogP contribution in [0.2, 0.25) is 18.1 Å². The van der Waals surface area contributed by atoms with Crippen LogP contribution in [0, 0.1) is 11.8 Å². The predicted molar refractivity (Wildman–Crippen MR) is 84.9 cm³/mol. The molecular weight excluding hydrogens is 252 g/mol. The van der Waals surface area contributed by atoms with Gasteiger partial charge in [0.1, 0.15) is 0 Å².